The quantitative estimate of drug-likeness (QED) is 0.616. The lowest BCUT2D eigenvalue weighted by Crippen LogP contribution is -2.32. The van der Waals surface area contributed by atoms with Crippen LogP contribution in [0.3, 0.4) is 0 Å². The van der Waals surface area contributed by atoms with E-state index >= 15 is 0 Å². The van der Waals surface area contributed by atoms with Crippen LogP contribution >= 0.6 is 0 Å². The van der Waals surface area contributed by atoms with Crippen molar-refractivity contribution in [3.8, 4) is 0 Å². The van der Waals surface area contributed by atoms with Gasteiger partial charge in [-0.05, 0) is 43.4 Å². The third-order valence-electron chi connectivity index (χ3n) is 4.66. The number of amides is 1. The molecule has 1 heterocycles. The number of halogens is 3. The molecule has 0 radical (unpaired) electrons. The van der Waals surface area contributed by atoms with Gasteiger partial charge in [-0.2, -0.15) is 13.2 Å². The summed E-state index contributed by atoms with van der Waals surface area (Å²) in [5.41, 5.74) is 1.46. The number of benzene rings is 1. The van der Waals surface area contributed by atoms with Crippen molar-refractivity contribution in [2.24, 2.45) is 5.92 Å². The maximum atomic E-state index is 11.9. The number of carboxylic acids is 2. The van der Waals surface area contributed by atoms with E-state index in [2.05, 4.69) is 17.1 Å². The maximum Gasteiger partial charge on any atom is 0.490 e. The van der Waals surface area contributed by atoms with Crippen LogP contribution in [-0.2, 0) is 9.59 Å². The number of aromatic carboxylic acids is 1. The fourth-order valence-electron chi connectivity index (χ4n) is 2.83. The van der Waals surface area contributed by atoms with E-state index < -0.39 is 18.1 Å². The smallest absolute Gasteiger partial charge is 0.478 e. The highest BCUT2D eigenvalue weighted by atomic mass is 19.4. The zero-order chi connectivity index (χ0) is 22.9. The normalized spacial score (nSPS) is 14.5. The van der Waals surface area contributed by atoms with Crippen molar-refractivity contribution in [2.45, 2.75) is 52.1 Å². The second kappa shape index (κ2) is 11.4. The van der Waals surface area contributed by atoms with Crippen LogP contribution < -0.4 is 10.2 Å². The summed E-state index contributed by atoms with van der Waals surface area (Å²) in [7, 11) is 0. The number of hydrogen-bond donors (Lipinski definition) is 3. The van der Waals surface area contributed by atoms with E-state index in [1.807, 2.05) is 13.0 Å². The predicted molar refractivity (Wildman–Crippen MR) is 106 cm³/mol. The fourth-order valence-corrected chi connectivity index (χ4v) is 2.83. The molecule has 2 rings (SSSR count). The van der Waals surface area contributed by atoms with Crippen molar-refractivity contribution in [3.63, 3.8) is 0 Å². The van der Waals surface area contributed by atoms with Crippen molar-refractivity contribution in [3.05, 3.63) is 23.8 Å². The third kappa shape index (κ3) is 8.30. The van der Waals surface area contributed by atoms with E-state index in [4.69, 9.17) is 9.90 Å². The van der Waals surface area contributed by atoms with Gasteiger partial charge >= 0.3 is 18.1 Å². The molecule has 0 spiro atoms. The van der Waals surface area contributed by atoms with Gasteiger partial charge in [0.25, 0.3) is 0 Å². The van der Waals surface area contributed by atoms with Crippen LogP contribution in [0.25, 0.3) is 0 Å². The molecule has 0 aliphatic carbocycles. The summed E-state index contributed by atoms with van der Waals surface area (Å²) in [6, 6.07) is 5.28. The molecule has 168 valence electrons. The molecule has 1 amide bonds. The van der Waals surface area contributed by atoms with Crippen LogP contribution in [0.4, 0.5) is 24.5 Å². The van der Waals surface area contributed by atoms with Gasteiger partial charge in [-0.3, -0.25) is 4.79 Å². The summed E-state index contributed by atoms with van der Waals surface area (Å²) in [6.45, 7) is 6.16. The molecule has 7 nitrogen and oxygen atoms in total. The minimum atomic E-state index is -5.08. The van der Waals surface area contributed by atoms with Gasteiger partial charge in [-0.25, -0.2) is 9.59 Å². The Morgan fingerprint density at radius 3 is 2.20 bits per heavy atom. The summed E-state index contributed by atoms with van der Waals surface area (Å²) in [5, 5.41) is 19.3. The number of nitrogens with zero attached hydrogens (tertiary/aromatic N) is 1. The fraction of sp³-hybridized carbons (Fsp3) is 0.550. The number of anilines is 2. The second-order valence-electron chi connectivity index (χ2n) is 7.16. The molecule has 1 aromatic carbocycles. The van der Waals surface area contributed by atoms with Crippen molar-refractivity contribution in [1.29, 1.82) is 0 Å². The van der Waals surface area contributed by atoms with Gasteiger partial charge in [0.05, 0.1) is 11.3 Å². The Hall–Kier alpha value is -2.78. The maximum absolute atomic E-state index is 11.9. The number of alkyl halides is 3. The third-order valence-corrected chi connectivity index (χ3v) is 4.66. The molecule has 1 saturated heterocycles. The Labute approximate surface area is 172 Å². The lowest BCUT2D eigenvalue weighted by Gasteiger charge is -2.32. The number of carboxylic acid groups (broad SMARTS) is 2. The first kappa shape index (κ1) is 25.3. The Morgan fingerprint density at radius 1 is 1.17 bits per heavy atom. The predicted octanol–water partition coefficient (Wildman–Crippen LogP) is 4.38. The largest absolute Gasteiger partial charge is 0.490 e. The number of hydrogen-bond acceptors (Lipinski definition) is 4. The average molecular weight is 432 g/mol. The highest BCUT2D eigenvalue weighted by molar-refractivity contribution is 6.01. The van der Waals surface area contributed by atoms with Crippen LogP contribution in [0.2, 0.25) is 0 Å². The van der Waals surface area contributed by atoms with Crippen LogP contribution in [0, 0.1) is 5.92 Å². The van der Waals surface area contributed by atoms with E-state index in [9.17, 15) is 27.9 Å². The molecule has 0 atom stereocenters. The van der Waals surface area contributed by atoms with Gasteiger partial charge in [0, 0.05) is 25.2 Å². The molecule has 1 aromatic rings. The molecule has 0 unspecified atom stereocenters. The summed E-state index contributed by atoms with van der Waals surface area (Å²) in [4.78, 5) is 34.5. The number of piperidine rings is 1. The molecule has 1 aliphatic rings. The first-order valence-corrected chi connectivity index (χ1v) is 9.68. The molecule has 0 bridgehead atoms. The zero-order valence-corrected chi connectivity index (χ0v) is 17.0. The van der Waals surface area contributed by atoms with Crippen molar-refractivity contribution >= 4 is 29.2 Å². The number of carbonyl (C=O) groups excluding carboxylic acids is 1. The van der Waals surface area contributed by atoms with Crippen LogP contribution in [0.1, 0.15) is 56.3 Å². The van der Waals surface area contributed by atoms with E-state index in [0.717, 1.165) is 50.4 Å². The Kier molecular flexibility index (Phi) is 9.61. The average Bonchev–Trinajstić information content (AvgIpc) is 2.67. The molecule has 3 N–H and O–H groups in total. The number of unbranched alkanes of at least 4 members (excludes halogenated alkanes) is 1. The zero-order valence-electron chi connectivity index (χ0n) is 17.0. The Morgan fingerprint density at radius 2 is 1.73 bits per heavy atom. The molecule has 0 aromatic heterocycles. The molecular weight excluding hydrogens is 405 g/mol. The van der Waals surface area contributed by atoms with Gasteiger partial charge in [0.1, 0.15) is 0 Å². The number of rotatable bonds is 6. The van der Waals surface area contributed by atoms with Crippen molar-refractivity contribution in [1.82, 2.24) is 0 Å². The molecule has 10 heteroatoms. The number of carbonyl (C=O) groups is 3. The summed E-state index contributed by atoms with van der Waals surface area (Å²) in [5.74, 6) is -3.17. The topological polar surface area (TPSA) is 107 Å². The van der Waals surface area contributed by atoms with Gasteiger partial charge in [-0.1, -0.05) is 20.3 Å². The van der Waals surface area contributed by atoms with Gasteiger partial charge in [-0.15, -0.1) is 0 Å². The van der Waals surface area contributed by atoms with E-state index in [-0.39, 0.29) is 11.5 Å². The van der Waals surface area contributed by atoms with E-state index in [1.165, 1.54) is 0 Å². The molecule has 30 heavy (non-hydrogen) atoms. The Balaban J connectivity index is 0.000000553. The lowest BCUT2D eigenvalue weighted by atomic mass is 9.98. The first-order valence-electron chi connectivity index (χ1n) is 9.68. The summed E-state index contributed by atoms with van der Waals surface area (Å²) in [6.07, 6.45) is -0.680. The minimum absolute atomic E-state index is 0.131. The Bertz CT molecular complexity index is 744. The molecular formula is C20H27F3N2O5. The standard InChI is InChI=1S/C18H26N2O3.C2HF3O2/c1-3-4-5-17(21)19-16-7-6-14(12-15(16)18(22)23)20-10-8-13(2)9-11-20;3-2(4,5)1(6)7/h6-7,12-13H,3-5,8-11H2,1-2H3,(H,19,21)(H,22,23);(H,6,7). The molecule has 1 fully saturated rings. The van der Waals surface area contributed by atoms with Crippen LogP contribution in [0.5, 0.6) is 0 Å². The highest BCUT2D eigenvalue weighted by Gasteiger charge is 2.38. The highest BCUT2D eigenvalue weighted by Crippen LogP contribution is 2.27. The van der Waals surface area contributed by atoms with E-state index in [0.29, 0.717) is 12.1 Å². The summed E-state index contributed by atoms with van der Waals surface area (Å²) >= 11 is 0. The first-order chi connectivity index (χ1) is 14.0. The monoisotopic (exact) mass is 432 g/mol. The SMILES string of the molecule is CCCCC(=O)Nc1ccc(N2CCC(C)CC2)cc1C(=O)O.O=C(O)C(F)(F)F. The van der Waals surface area contributed by atoms with Crippen molar-refractivity contribution < 1.29 is 37.8 Å². The lowest BCUT2D eigenvalue weighted by molar-refractivity contribution is -0.192. The number of aliphatic carboxylic acids is 1. The van der Waals surface area contributed by atoms with Gasteiger partial charge in [0.15, 0.2) is 0 Å². The minimum Gasteiger partial charge on any atom is -0.478 e. The molecule has 0 saturated carbocycles. The van der Waals surface area contributed by atoms with Gasteiger partial charge in [0.2, 0.25) is 5.91 Å². The van der Waals surface area contributed by atoms with Gasteiger partial charge < -0.3 is 20.4 Å². The number of nitrogens with one attached hydrogen (secondary N) is 1. The van der Waals surface area contributed by atoms with Crippen LogP contribution in [-0.4, -0.2) is 47.3 Å². The second-order valence-corrected chi connectivity index (χ2v) is 7.16. The molecule has 1 aliphatic heterocycles. The van der Waals surface area contributed by atoms with E-state index in [1.54, 1.807) is 12.1 Å². The van der Waals surface area contributed by atoms with Crippen LogP contribution in [0.15, 0.2) is 18.2 Å². The summed E-state index contributed by atoms with van der Waals surface area (Å²) < 4.78 is 31.7. The van der Waals surface area contributed by atoms with Crippen molar-refractivity contribution in [2.75, 3.05) is 23.3 Å².